The number of aromatic nitrogens is 1. The number of nitrogens with zero attached hydrogens (tertiary/aromatic N) is 2. The summed E-state index contributed by atoms with van der Waals surface area (Å²) in [6.45, 7) is 7.90. The van der Waals surface area contributed by atoms with E-state index < -0.39 is 0 Å². The third-order valence-corrected chi connectivity index (χ3v) is 4.06. The molecule has 1 aliphatic rings. The van der Waals surface area contributed by atoms with Crippen LogP contribution in [0.15, 0.2) is 30.5 Å². The van der Waals surface area contributed by atoms with E-state index in [1.165, 1.54) is 6.07 Å². The molecule has 0 saturated carbocycles. The van der Waals surface area contributed by atoms with Crippen LogP contribution in [0.5, 0.6) is 0 Å². The lowest BCUT2D eigenvalue weighted by molar-refractivity contribution is -0.0451. The van der Waals surface area contributed by atoms with E-state index in [1.54, 1.807) is 6.07 Å². The van der Waals surface area contributed by atoms with E-state index in [2.05, 4.69) is 23.3 Å². The Morgan fingerprint density at radius 3 is 3.00 bits per heavy atom. The first-order valence-electron chi connectivity index (χ1n) is 7.24. The Morgan fingerprint density at radius 1 is 1.35 bits per heavy atom. The van der Waals surface area contributed by atoms with Gasteiger partial charge in [0.25, 0.3) is 0 Å². The molecule has 1 saturated heterocycles. The molecular formula is C16H21FN2O. The highest BCUT2D eigenvalue weighted by Crippen LogP contribution is 2.20. The highest BCUT2D eigenvalue weighted by atomic mass is 19.1. The van der Waals surface area contributed by atoms with Crippen molar-refractivity contribution in [2.45, 2.75) is 32.5 Å². The van der Waals surface area contributed by atoms with E-state index in [-0.39, 0.29) is 11.9 Å². The van der Waals surface area contributed by atoms with Gasteiger partial charge in [-0.1, -0.05) is 6.07 Å². The van der Waals surface area contributed by atoms with E-state index in [4.69, 9.17) is 4.74 Å². The first kappa shape index (κ1) is 13.6. The summed E-state index contributed by atoms with van der Waals surface area (Å²) in [4.78, 5) is 2.43. The third-order valence-electron chi connectivity index (χ3n) is 4.06. The normalized spacial score (nSPS) is 20.9. The average molecular weight is 276 g/mol. The minimum atomic E-state index is -0.158. The molecule has 0 radical (unpaired) electrons. The summed E-state index contributed by atoms with van der Waals surface area (Å²) in [6.07, 6.45) is 2.12. The number of rotatable bonds is 3. The Hall–Kier alpha value is -1.39. The molecule has 1 atom stereocenters. The van der Waals surface area contributed by atoms with Crippen molar-refractivity contribution in [2.24, 2.45) is 0 Å². The number of benzene rings is 1. The van der Waals surface area contributed by atoms with Crippen molar-refractivity contribution < 1.29 is 9.13 Å². The largest absolute Gasteiger partial charge is 0.374 e. The molecule has 1 unspecified atom stereocenters. The number of hydrogen-bond acceptors (Lipinski definition) is 2. The predicted molar refractivity (Wildman–Crippen MR) is 78.3 cm³/mol. The van der Waals surface area contributed by atoms with Crippen molar-refractivity contribution >= 4 is 10.9 Å². The molecule has 0 bridgehead atoms. The third kappa shape index (κ3) is 2.58. The van der Waals surface area contributed by atoms with Gasteiger partial charge in [-0.2, -0.15) is 0 Å². The van der Waals surface area contributed by atoms with E-state index in [0.29, 0.717) is 11.4 Å². The van der Waals surface area contributed by atoms with Gasteiger partial charge in [-0.3, -0.25) is 4.90 Å². The minimum Gasteiger partial charge on any atom is -0.374 e. The van der Waals surface area contributed by atoms with Gasteiger partial charge in [0.15, 0.2) is 0 Å². The fourth-order valence-electron chi connectivity index (χ4n) is 2.89. The highest BCUT2D eigenvalue weighted by molar-refractivity contribution is 5.80. The number of halogens is 1. The van der Waals surface area contributed by atoms with Crippen molar-refractivity contribution in [2.75, 3.05) is 19.7 Å². The number of morpholine rings is 1. The van der Waals surface area contributed by atoms with Gasteiger partial charge in [0.2, 0.25) is 0 Å². The Balaban J connectivity index is 1.78. The quantitative estimate of drug-likeness (QED) is 0.857. The van der Waals surface area contributed by atoms with Crippen LogP contribution in [-0.2, 0) is 11.3 Å². The van der Waals surface area contributed by atoms with Gasteiger partial charge >= 0.3 is 0 Å². The van der Waals surface area contributed by atoms with Gasteiger partial charge in [-0.15, -0.1) is 0 Å². The second-order valence-electron chi connectivity index (χ2n) is 5.72. The SMILES string of the molecule is CC(C)N1CCOC(Cn2ccc3c(F)cccc32)C1. The number of fused-ring (bicyclic) bond motifs is 1. The van der Waals surface area contributed by atoms with E-state index in [9.17, 15) is 4.39 Å². The zero-order valence-electron chi connectivity index (χ0n) is 12.1. The molecular weight excluding hydrogens is 255 g/mol. The lowest BCUT2D eigenvalue weighted by atomic mass is 10.2. The van der Waals surface area contributed by atoms with E-state index >= 15 is 0 Å². The molecule has 1 aromatic carbocycles. The van der Waals surface area contributed by atoms with Crippen LogP contribution in [0.4, 0.5) is 4.39 Å². The van der Waals surface area contributed by atoms with Gasteiger partial charge in [0, 0.05) is 30.7 Å². The molecule has 0 N–H and O–H groups in total. The monoisotopic (exact) mass is 276 g/mol. The summed E-state index contributed by atoms with van der Waals surface area (Å²) in [5.41, 5.74) is 0.940. The van der Waals surface area contributed by atoms with Crippen molar-refractivity contribution in [1.82, 2.24) is 9.47 Å². The van der Waals surface area contributed by atoms with Crippen LogP contribution in [0.1, 0.15) is 13.8 Å². The Bertz CT molecular complexity index is 593. The lowest BCUT2D eigenvalue weighted by Gasteiger charge is -2.35. The first-order chi connectivity index (χ1) is 9.65. The Morgan fingerprint density at radius 2 is 2.20 bits per heavy atom. The zero-order chi connectivity index (χ0) is 14.1. The molecule has 108 valence electrons. The Kier molecular flexibility index (Phi) is 3.76. The molecule has 0 amide bonds. The fraction of sp³-hybridized carbons (Fsp3) is 0.500. The smallest absolute Gasteiger partial charge is 0.132 e. The average Bonchev–Trinajstić information content (AvgIpc) is 2.84. The van der Waals surface area contributed by atoms with Crippen LogP contribution in [0.2, 0.25) is 0 Å². The molecule has 4 heteroatoms. The molecule has 3 nitrogen and oxygen atoms in total. The van der Waals surface area contributed by atoms with E-state index in [1.807, 2.05) is 18.3 Å². The molecule has 1 fully saturated rings. The fourth-order valence-corrected chi connectivity index (χ4v) is 2.89. The van der Waals surface area contributed by atoms with Crippen molar-refractivity contribution in [1.29, 1.82) is 0 Å². The summed E-state index contributed by atoms with van der Waals surface area (Å²) < 4.78 is 21.6. The predicted octanol–water partition coefficient (Wildman–Crippen LogP) is 2.89. The molecule has 0 aliphatic carbocycles. The standard InChI is InChI=1S/C16H21FN2O/c1-12(2)18-8-9-20-13(10-18)11-19-7-6-14-15(17)4-3-5-16(14)19/h3-7,12-13H,8-11H2,1-2H3. The summed E-state index contributed by atoms with van der Waals surface area (Å²) in [5, 5.41) is 0.684. The lowest BCUT2D eigenvalue weighted by Crippen LogP contribution is -2.47. The van der Waals surface area contributed by atoms with Gasteiger partial charge in [0.05, 0.1) is 24.8 Å². The van der Waals surface area contributed by atoms with Gasteiger partial charge in [-0.05, 0) is 32.0 Å². The van der Waals surface area contributed by atoms with Crippen molar-refractivity contribution in [3.05, 3.63) is 36.3 Å². The van der Waals surface area contributed by atoms with Crippen LogP contribution in [0, 0.1) is 5.82 Å². The molecule has 20 heavy (non-hydrogen) atoms. The van der Waals surface area contributed by atoms with Crippen LogP contribution in [0.3, 0.4) is 0 Å². The maximum atomic E-state index is 13.7. The van der Waals surface area contributed by atoms with E-state index in [0.717, 1.165) is 31.8 Å². The van der Waals surface area contributed by atoms with Crippen LogP contribution in [-0.4, -0.2) is 41.3 Å². The second kappa shape index (κ2) is 5.54. The first-order valence-corrected chi connectivity index (χ1v) is 7.24. The van der Waals surface area contributed by atoms with Crippen LogP contribution in [0.25, 0.3) is 10.9 Å². The molecule has 2 aromatic rings. The molecule has 1 aromatic heterocycles. The van der Waals surface area contributed by atoms with Gasteiger partial charge < -0.3 is 9.30 Å². The maximum absolute atomic E-state index is 13.7. The summed E-state index contributed by atoms with van der Waals surface area (Å²) in [7, 11) is 0. The molecule has 0 spiro atoms. The maximum Gasteiger partial charge on any atom is 0.132 e. The summed E-state index contributed by atoms with van der Waals surface area (Å²) in [5.74, 6) is -0.158. The molecule has 3 rings (SSSR count). The Labute approximate surface area is 118 Å². The zero-order valence-corrected chi connectivity index (χ0v) is 12.1. The van der Waals surface area contributed by atoms with Crippen molar-refractivity contribution in [3.63, 3.8) is 0 Å². The number of hydrogen-bond donors (Lipinski definition) is 0. The molecule has 2 heterocycles. The van der Waals surface area contributed by atoms with Gasteiger partial charge in [-0.25, -0.2) is 4.39 Å². The summed E-state index contributed by atoms with van der Waals surface area (Å²) >= 11 is 0. The van der Waals surface area contributed by atoms with Gasteiger partial charge in [0.1, 0.15) is 5.82 Å². The highest BCUT2D eigenvalue weighted by Gasteiger charge is 2.22. The van der Waals surface area contributed by atoms with Crippen molar-refractivity contribution in [3.8, 4) is 0 Å². The molecule has 1 aliphatic heterocycles. The minimum absolute atomic E-state index is 0.158. The topological polar surface area (TPSA) is 17.4 Å². The van der Waals surface area contributed by atoms with Crippen LogP contribution < -0.4 is 0 Å². The number of ether oxygens (including phenoxy) is 1. The van der Waals surface area contributed by atoms with Crippen LogP contribution >= 0.6 is 0 Å². The summed E-state index contributed by atoms with van der Waals surface area (Å²) in [6, 6.07) is 7.61. The second-order valence-corrected chi connectivity index (χ2v) is 5.72.